The average Bonchev–Trinajstić information content (AvgIpc) is 2.96. The first-order chi connectivity index (χ1) is 19.6. The fraction of sp³-hybridized carbons (Fsp3) is 0.857. The molecule has 236 valence electrons. The Kier molecular flexibility index (Phi) is 29.9. The average molecular weight is 566 g/mol. The number of hydrogen-bond donors (Lipinski definition) is 4. The molecule has 3 unspecified atom stereocenters. The number of amides is 1. The summed E-state index contributed by atoms with van der Waals surface area (Å²) < 4.78 is 0. The second-order valence-corrected chi connectivity index (χ2v) is 11.7. The molecule has 40 heavy (non-hydrogen) atoms. The molecule has 0 bridgehead atoms. The highest BCUT2D eigenvalue weighted by atomic mass is 16.3. The van der Waals surface area contributed by atoms with Crippen molar-refractivity contribution < 1.29 is 20.1 Å². The molecule has 0 heterocycles. The van der Waals surface area contributed by atoms with Gasteiger partial charge in [0.15, 0.2) is 0 Å². The minimum absolute atomic E-state index is 0.161. The minimum Gasteiger partial charge on any atom is -0.394 e. The van der Waals surface area contributed by atoms with Crippen LogP contribution in [0.1, 0.15) is 168 Å². The molecule has 0 spiro atoms. The molecule has 1 amide bonds. The highest BCUT2D eigenvalue weighted by Crippen LogP contribution is 2.14. The van der Waals surface area contributed by atoms with Crippen molar-refractivity contribution in [2.45, 2.75) is 186 Å². The molecule has 0 aromatic rings. The Morgan fingerprint density at radius 3 is 1.52 bits per heavy atom. The normalized spacial score (nSPS) is 14.2. The first kappa shape index (κ1) is 38.8. The van der Waals surface area contributed by atoms with Crippen LogP contribution in [0, 0.1) is 0 Å². The number of rotatable bonds is 30. The van der Waals surface area contributed by atoms with Gasteiger partial charge in [0.2, 0.25) is 5.91 Å². The van der Waals surface area contributed by atoms with Gasteiger partial charge >= 0.3 is 0 Å². The summed E-state index contributed by atoms with van der Waals surface area (Å²) in [6.45, 7) is 4.06. The third-order valence-electron chi connectivity index (χ3n) is 7.77. The molecule has 0 aromatic heterocycles. The fourth-order valence-electron chi connectivity index (χ4n) is 5.07. The van der Waals surface area contributed by atoms with Crippen molar-refractivity contribution in [3.63, 3.8) is 0 Å². The van der Waals surface area contributed by atoms with Gasteiger partial charge in [-0.3, -0.25) is 4.79 Å². The van der Waals surface area contributed by atoms with Crippen molar-refractivity contribution in [3.8, 4) is 0 Å². The Hall–Kier alpha value is -1.17. The lowest BCUT2D eigenvalue weighted by Crippen LogP contribution is -2.50. The van der Waals surface area contributed by atoms with Gasteiger partial charge in [0.05, 0.1) is 18.8 Å². The molecule has 0 aromatic carbocycles. The van der Waals surface area contributed by atoms with Crippen LogP contribution < -0.4 is 5.32 Å². The van der Waals surface area contributed by atoms with Crippen molar-refractivity contribution in [2.75, 3.05) is 6.61 Å². The van der Waals surface area contributed by atoms with Gasteiger partial charge in [-0.1, -0.05) is 141 Å². The van der Waals surface area contributed by atoms with Gasteiger partial charge in [-0.15, -0.1) is 0 Å². The van der Waals surface area contributed by atoms with Crippen LogP contribution in [0.3, 0.4) is 0 Å². The zero-order valence-electron chi connectivity index (χ0n) is 26.5. The fourth-order valence-corrected chi connectivity index (χ4v) is 5.07. The van der Waals surface area contributed by atoms with Gasteiger partial charge in [0, 0.05) is 6.42 Å². The van der Waals surface area contributed by atoms with Crippen LogP contribution in [0.5, 0.6) is 0 Å². The van der Waals surface area contributed by atoms with Crippen molar-refractivity contribution in [1.82, 2.24) is 5.32 Å². The van der Waals surface area contributed by atoms with E-state index in [1.54, 1.807) is 0 Å². The van der Waals surface area contributed by atoms with E-state index in [1.165, 1.54) is 89.9 Å². The predicted molar refractivity (Wildman–Crippen MR) is 171 cm³/mol. The summed E-state index contributed by atoms with van der Waals surface area (Å²) in [5, 5.41) is 33.1. The number of aliphatic hydroxyl groups is 3. The van der Waals surface area contributed by atoms with E-state index in [0.717, 1.165) is 51.4 Å². The number of carbonyl (C=O) groups excluding carboxylic acids is 1. The van der Waals surface area contributed by atoms with Crippen molar-refractivity contribution in [2.24, 2.45) is 0 Å². The maximum absolute atomic E-state index is 12.3. The molecule has 0 aliphatic heterocycles. The molecular weight excluding hydrogens is 498 g/mol. The Morgan fingerprint density at radius 2 is 1.05 bits per heavy atom. The first-order valence-electron chi connectivity index (χ1n) is 17.1. The Balaban J connectivity index is 3.72. The zero-order chi connectivity index (χ0) is 29.5. The van der Waals surface area contributed by atoms with Crippen LogP contribution in [0.25, 0.3) is 0 Å². The summed E-state index contributed by atoms with van der Waals surface area (Å²) in [6.07, 6.45) is 34.1. The van der Waals surface area contributed by atoms with Gasteiger partial charge in [0.1, 0.15) is 6.10 Å². The molecule has 0 aliphatic carbocycles. The number of aliphatic hydroxyl groups excluding tert-OH is 3. The van der Waals surface area contributed by atoms with E-state index in [2.05, 4.69) is 43.5 Å². The molecule has 0 fully saturated rings. The minimum atomic E-state index is -1.16. The second-order valence-electron chi connectivity index (χ2n) is 11.7. The maximum Gasteiger partial charge on any atom is 0.220 e. The van der Waals surface area contributed by atoms with Crippen LogP contribution in [0.4, 0.5) is 0 Å². The molecule has 0 saturated carbocycles. The number of unbranched alkanes of at least 4 members (excludes halogenated alkanes) is 18. The quantitative estimate of drug-likeness (QED) is 0.0518. The third kappa shape index (κ3) is 25.8. The van der Waals surface area contributed by atoms with E-state index in [1.807, 2.05) is 0 Å². The van der Waals surface area contributed by atoms with E-state index in [-0.39, 0.29) is 12.5 Å². The molecule has 3 atom stereocenters. The van der Waals surface area contributed by atoms with Gasteiger partial charge < -0.3 is 20.6 Å². The van der Waals surface area contributed by atoms with Crippen molar-refractivity contribution in [3.05, 3.63) is 24.3 Å². The van der Waals surface area contributed by atoms with Gasteiger partial charge in [0.25, 0.3) is 0 Å². The summed E-state index contributed by atoms with van der Waals surface area (Å²) in [6, 6.07) is -0.825. The van der Waals surface area contributed by atoms with Crippen LogP contribution >= 0.6 is 0 Å². The molecule has 0 radical (unpaired) electrons. The summed E-state index contributed by atoms with van der Waals surface area (Å²) in [5.74, 6) is -0.161. The molecule has 0 aliphatic rings. The highest BCUT2D eigenvalue weighted by molar-refractivity contribution is 5.76. The van der Waals surface area contributed by atoms with Gasteiger partial charge in [-0.25, -0.2) is 0 Å². The molecule has 5 nitrogen and oxygen atoms in total. The SMILES string of the molecule is CCC/C=C/CC/C=C/CCCC(O)C(O)C(CO)NC(=O)CCCCCCCCCCCCCCCCCC. The van der Waals surface area contributed by atoms with Gasteiger partial charge in [-0.2, -0.15) is 0 Å². The summed E-state index contributed by atoms with van der Waals surface area (Å²) >= 11 is 0. The maximum atomic E-state index is 12.3. The van der Waals surface area contributed by atoms with Crippen LogP contribution in [-0.4, -0.2) is 46.1 Å². The standard InChI is InChI=1S/C35H67NO4/c1-3-5-7-9-11-13-15-16-17-18-19-20-22-24-26-28-30-34(39)36-32(31-37)35(40)33(38)29-27-25-23-21-14-12-10-8-6-4-2/h8,10,21,23,32-33,35,37-38,40H,3-7,9,11-20,22,24-31H2,1-2H3,(H,36,39)/b10-8+,23-21+. The first-order valence-corrected chi connectivity index (χ1v) is 17.1. The molecule has 5 heteroatoms. The van der Waals surface area contributed by atoms with Crippen molar-refractivity contribution >= 4 is 5.91 Å². The monoisotopic (exact) mass is 566 g/mol. The lowest BCUT2D eigenvalue weighted by molar-refractivity contribution is -0.124. The Labute approximate surface area is 248 Å². The largest absolute Gasteiger partial charge is 0.394 e. The van der Waals surface area contributed by atoms with Gasteiger partial charge in [-0.05, 0) is 44.9 Å². The van der Waals surface area contributed by atoms with E-state index >= 15 is 0 Å². The summed E-state index contributed by atoms with van der Waals surface area (Å²) in [5.41, 5.74) is 0. The summed E-state index contributed by atoms with van der Waals surface area (Å²) in [4.78, 5) is 12.3. The second kappa shape index (κ2) is 30.8. The molecule has 4 N–H and O–H groups in total. The molecular formula is C35H67NO4. The highest BCUT2D eigenvalue weighted by Gasteiger charge is 2.26. The van der Waals surface area contributed by atoms with E-state index < -0.39 is 18.2 Å². The predicted octanol–water partition coefficient (Wildman–Crippen LogP) is 8.70. The molecule has 0 saturated heterocycles. The van der Waals surface area contributed by atoms with E-state index in [4.69, 9.17) is 0 Å². The lowest BCUT2D eigenvalue weighted by Gasteiger charge is -2.26. The van der Waals surface area contributed by atoms with E-state index in [9.17, 15) is 20.1 Å². The number of allylic oxidation sites excluding steroid dienone is 4. The summed E-state index contributed by atoms with van der Waals surface area (Å²) in [7, 11) is 0. The van der Waals surface area contributed by atoms with Crippen LogP contribution in [-0.2, 0) is 4.79 Å². The van der Waals surface area contributed by atoms with Crippen LogP contribution in [0.15, 0.2) is 24.3 Å². The lowest BCUT2D eigenvalue weighted by atomic mass is 10.0. The molecule has 0 rings (SSSR count). The number of nitrogens with one attached hydrogen (secondary N) is 1. The smallest absolute Gasteiger partial charge is 0.220 e. The topological polar surface area (TPSA) is 89.8 Å². The van der Waals surface area contributed by atoms with Crippen molar-refractivity contribution in [1.29, 1.82) is 0 Å². The third-order valence-corrected chi connectivity index (χ3v) is 7.77. The van der Waals surface area contributed by atoms with E-state index in [0.29, 0.717) is 12.8 Å². The van der Waals surface area contributed by atoms with Crippen LogP contribution in [0.2, 0.25) is 0 Å². The number of carbonyl (C=O) groups is 1. The Bertz CT molecular complexity index is 592. The Morgan fingerprint density at radius 1 is 0.600 bits per heavy atom. The zero-order valence-corrected chi connectivity index (χ0v) is 26.5. The number of hydrogen-bond acceptors (Lipinski definition) is 4.